The molecule has 0 atom stereocenters. The Balaban J connectivity index is 1.99. The SMILES string of the molecule is Fc1ccc2nc(C#Cc3ccccc3)ccc2c1. The van der Waals surface area contributed by atoms with Gasteiger partial charge in [0, 0.05) is 10.9 Å². The number of fused-ring (bicyclic) bond motifs is 1. The van der Waals surface area contributed by atoms with Gasteiger partial charge in [0.25, 0.3) is 0 Å². The van der Waals surface area contributed by atoms with E-state index >= 15 is 0 Å². The predicted octanol–water partition coefficient (Wildman–Crippen LogP) is 3.77. The van der Waals surface area contributed by atoms with Gasteiger partial charge < -0.3 is 0 Å². The molecule has 3 aromatic rings. The molecule has 1 aromatic heterocycles. The second-order valence-corrected chi connectivity index (χ2v) is 4.15. The lowest BCUT2D eigenvalue weighted by molar-refractivity contribution is 0.629. The summed E-state index contributed by atoms with van der Waals surface area (Å²) < 4.78 is 13.1. The van der Waals surface area contributed by atoms with Gasteiger partial charge in [0.15, 0.2) is 0 Å². The topological polar surface area (TPSA) is 12.9 Å². The first-order chi connectivity index (χ1) is 9.31. The molecule has 1 heterocycles. The number of aromatic nitrogens is 1. The highest BCUT2D eigenvalue weighted by Crippen LogP contribution is 2.13. The molecule has 0 spiro atoms. The summed E-state index contributed by atoms with van der Waals surface area (Å²) in [6, 6.07) is 17.9. The molecule has 2 aromatic carbocycles. The maximum absolute atomic E-state index is 13.1. The van der Waals surface area contributed by atoms with Gasteiger partial charge in [-0.1, -0.05) is 24.1 Å². The van der Waals surface area contributed by atoms with Gasteiger partial charge in [-0.2, -0.15) is 0 Å². The standard InChI is InChI=1S/C17H10FN/c18-15-8-11-17-14(12-15)7-10-16(19-17)9-6-13-4-2-1-3-5-13/h1-5,7-8,10-12H. The van der Waals surface area contributed by atoms with Gasteiger partial charge in [0.1, 0.15) is 11.5 Å². The fourth-order valence-corrected chi connectivity index (χ4v) is 1.82. The van der Waals surface area contributed by atoms with E-state index in [4.69, 9.17) is 0 Å². The maximum atomic E-state index is 13.1. The molecule has 0 bridgehead atoms. The Morgan fingerprint density at radius 3 is 2.53 bits per heavy atom. The van der Waals surface area contributed by atoms with Gasteiger partial charge in [-0.3, -0.25) is 0 Å². The predicted molar refractivity (Wildman–Crippen MR) is 74.1 cm³/mol. The lowest BCUT2D eigenvalue weighted by Crippen LogP contribution is -1.85. The van der Waals surface area contributed by atoms with Crippen molar-refractivity contribution < 1.29 is 4.39 Å². The molecule has 0 saturated carbocycles. The van der Waals surface area contributed by atoms with Gasteiger partial charge in [-0.25, -0.2) is 9.37 Å². The summed E-state index contributed by atoms with van der Waals surface area (Å²) >= 11 is 0. The zero-order chi connectivity index (χ0) is 13.1. The molecular formula is C17H10FN. The van der Waals surface area contributed by atoms with Crippen molar-refractivity contribution in [2.45, 2.75) is 0 Å². The molecule has 0 fully saturated rings. The van der Waals surface area contributed by atoms with Crippen LogP contribution in [0.15, 0.2) is 60.7 Å². The van der Waals surface area contributed by atoms with Crippen LogP contribution in [0.3, 0.4) is 0 Å². The molecule has 3 rings (SSSR count). The van der Waals surface area contributed by atoms with E-state index in [9.17, 15) is 4.39 Å². The fraction of sp³-hybridized carbons (Fsp3) is 0. The average molecular weight is 247 g/mol. The molecule has 0 aliphatic rings. The summed E-state index contributed by atoms with van der Waals surface area (Å²) in [6.45, 7) is 0. The summed E-state index contributed by atoms with van der Waals surface area (Å²) in [5.41, 5.74) is 2.38. The van der Waals surface area contributed by atoms with Crippen molar-refractivity contribution in [3.8, 4) is 11.8 Å². The van der Waals surface area contributed by atoms with Crippen LogP contribution < -0.4 is 0 Å². The fourth-order valence-electron chi connectivity index (χ4n) is 1.82. The zero-order valence-electron chi connectivity index (χ0n) is 10.1. The Kier molecular flexibility index (Phi) is 2.96. The largest absolute Gasteiger partial charge is 0.239 e. The highest BCUT2D eigenvalue weighted by Gasteiger charge is 1.97. The number of benzene rings is 2. The van der Waals surface area contributed by atoms with E-state index in [1.165, 1.54) is 12.1 Å². The Labute approximate surface area is 110 Å². The zero-order valence-corrected chi connectivity index (χ0v) is 10.1. The van der Waals surface area contributed by atoms with Crippen LogP contribution in [-0.2, 0) is 0 Å². The summed E-state index contributed by atoms with van der Waals surface area (Å²) in [5.74, 6) is 5.81. The van der Waals surface area contributed by atoms with Crippen LogP contribution in [-0.4, -0.2) is 4.98 Å². The second kappa shape index (κ2) is 4.91. The summed E-state index contributed by atoms with van der Waals surface area (Å²) in [7, 11) is 0. The van der Waals surface area contributed by atoms with E-state index in [2.05, 4.69) is 16.8 Å². The van der Waals surface area contributed by atoms with Crippen LogP contribution in [0.5, 0.6) is 0 Å². The van der Waals surface area contributed by atoms with E-state index in [0.29, 0.717) is 5.69 Å². The summed E-state index contributed by atoms with van der Waals surface area (Å²) in [5, 5.41) is 0.783. The third kappa shape index (κ3) is 2.61. The van der Waals surface area contributed by atoms with Crippen LogP contribution >= 0.6 is 0 Å². The monoisotopic (exact) mass is 247 g/mol. The van der Waals surface area contributed by atoms with Crippen molar-refractivity contribution in [2.75, 3.05) is 0 Å². The van der Waals surface area contributed by atoms with Gasteiger partial charge in [-0.15, -0.1) is 0 Å². The van der Waals surface area contributed by atoms with E-state index in [-0.39, 0.29) is 5.82 Å². The summed E-state index contributed by atoms with van der Waals surface area (Å²) in [4.78, 5) is 4.39. The van der Waals surface area contributed by atoms with Gasteiger partial charge in [0.05, 0.1) is 5.52 Å². The van der Waals surface area contributed by atoms with Crippen LogP contribution in [0.4, 0.5) is 4.39 Å². The van der Waals surface area contributed by atoms with Crippen molar-refractivity contribution >= 4 is 10.9 Å². The molecule has 0 unspecified atom stereocenters. The summed E-state index contributed by atoms with van der Waals surface area (Å²) in [6.07, 6.45) is 0. The van der Waals surface area contributed by atoms with Gasteiger partial charge >= 0.3 is 0 Å². The van der Waals surface area contributed by atoms with Crippen molar-refractivity contribution in [3.05, 3.63) is 77.7 Å². The maximum Gasteiger partial charge on any atom is 0.123 e. The first-order valence-corrected chi connectivity index (χ1v) is 5.95. The average Bonchev–Trinajstić information content (AvgIpc) is 2.46. The number of nitrogens with zero attached hydrogens (tertiary/aromatic N) is 1. The van der Waals surface area contributed by atoms with E-state index in [0.717, 1.165) is 16.5 Å². The molecule has 0 aliphatic heterocycles. The van der Waals surface area contributed by atoms with E-state index in [1.807, 2.05) is 36.4 Å². The minimum atomic E-state index is -0.252. The minimum Gasteiger partial charge on any atom is -0.239 e. The van der Waals surface area contributed by atoms with Crippen molar-refractivity contribution in [3.63, 3.8) is 0 Å². The third-order valence-electron chi connectivity index (χ3n) is 2.76. The number of pyridine rings is 1. The van der Waals surface area contributed by atoms with Crippen molar-refractivity contribution in [2.24, 2.45) is 0 Å². The van der Waals surface area contributed by atoms with Gasteiger partial charge in [0.2, 0.25) is 0 Å². The number of hydrogen-bond acceptors (Lipinski definition) is 1. The molecule has 2 heteroatoms. The molecule has 0 saturated heterocycles. The smallest absolute Gasteiger partial charge is 0.123 e. The Morgan fingerprint density at radius 2 is 1.68 bits per heavy atom. The number of rotatable bonds is 0. The molecule has 19 heavy (non-hydrogen) atoms. The Hall–Kier alpha value is -2.66. The minimum absolute atomic E-state index is 0.252. The number of hydrogen-bond donors (Lipinski definition) is 0. The van der Waals surface area contributed by atoms with Crippen molar-refractivity contribution in [1.82, 2.24) is 4.98 Å². The quantitative estimate of drug-likeness (QED) is 0.551. The Morgan fingerprint density at radius 1 is 0.842 bits per heavy atom. The molecule has 1 nitrogen and oxygen atoms in total. The highest BCUT2D eigenvalue weighted by atomic mass is 19.1. The molecule has 0 aliphatic carbocycles. The highest BCUT2D eigenvalue weighted by molar-refractivity contribution is 5.79. The first-order valence-electron chi connectivity index (χ1n) is 5.95. The number of halogens is 1. The molecule has 0 N–H and O–H groups in total. The van der Waals surface area contributed by atoms with Crippen LogP contribution in [0, 0.1) is 17.7 Å². The molecule has 90 valence electrons. The lowest BCUT2D eigenvalue weighted by Gasteiger charge is -1.97. The molecule has 0 amide bonds. The van der Waals surface area contributed by atoms with Crippen LogP contribution in [0.25, 0.3) is 10.9 Å². The molecular weight excluding hydrogens is 237 g/mol. The second-order valence-electron chi connectivity index (χ2n) is 4.15. The third-order valence-corrected chi connectivity index (χ3v) is 2.76. The molecule has 0 radical (unpaired) electrons. The van der Waals surface area contributed by atoms with Crippen LogP contribution in [0.1, 0.15) is 11.3 Å². The van der Waals surface area contributed by atoms with E-state index < -0.39 is 0 Å². The van der Waals surface area contributed by atoms with Crippen molar-refractivity contribution in [1.29, 1.82) is 0 Å². The first kappa shape index (κ1) is 11.4. The lowest BCUT2D eigenvalue weighted by atomic mass is 10.2. The Bertz CT molecular complexity index is 782. The normalized spacial score (nSPS) is 9.95. The van der Waals surface area contributed by atoms with Gasteiger partial charge in [-0.05, 0) is 48.4 Å². The van der Waals surface area contributed by atoms with E-state index in [1.54, 1.807) is 12.1 Å². The van der Waals surface area contributed by atoms with Crippen LogP contribution in [0.2, 0.25) is 0 Å².